The summed E-state index contributed by atoms with van der Waals surface area (Å²) in [7, 11) is 0. The largest absolute Gasteiger partial charge is 0.302 e. The summed E-state index contributed by atoms with van der Waals surface area (Å²) < 4.78 is 0. The maximum Gasteiger partial charge on any atom is 0.0213 e. The third-order valence-corrected chi connectivity index (χ3v) is 3.96. The Kier molecular flexibility index (Phi) is 3.34. The molecule has 3 rings (SSSR count). The molecule has 16 heavy (non-hydrogen) atoms. The van der Waals surface area contributed by atoms with Gasteiger partial charge in [-0.05, 0) is 30.5 Å². The molecular formula is C15H23N. The van der Waals surface area contributed by atoms with Crippen molar-refractivity contribution in [2.24, 2.45) is 0 Å². The van der Waals surface area contributed by atoms with Crippen LogP contribution in [0.4, 0.5) is 0 Å². The normalized spacial score (nSPS) is 20.9. The van der Waals surface area contributed by atoms with E-state index in [1.807, 2.05) is 13.8 Å². The number of benzene rings is 1. The Labute approximate surface area is 99.5 Å². The Hall–Kier alpha value is -0.820. The molecule has 1 saturated heterocycles. The summed E-state index contributed by atoms with van der Waals surface area (Å²) in [5, 5.41) is 0. The van der Waals surface area contributed by atoms with E-state index in [4.69, 9.17) is 0 Å². The molecule has 1 heterocycles. The SMILES string of the molecule is CC.CCN1CC2(CCc3ccccc32)C1. The van der Waals surface area contributed by atoms with E-state index < -0.39 is 0 Å². The maximum absolute atomic E-state index is 2.54. The molecular weight excluding hydrogens is 194 g/mol. The zero-order valence-electron chi connectivity index (χ0n) is 10.8. The van der Waals surface area contributed by atoms with Crippen molar-refractivity contribution in [2.75, 3.05) is 19.6 Å². The van der Waals surface area contributed by atoms with Crippen LogP contribution in [0.15, 0.2) is 24.3 Å². The highest BCUT2D eigenvalue weighted by atomic mass is 15.2. The lowest BCUT2D eigenvalue weighted by atomic mass is 9.75. The summed E-state index contributed by atoms with van der Waals surface area (Å²) in [5.74, 6) is 0. The van der Waals surface area contributed by atoms with E-state index in [0.717, 1.165) is 0 Å². The smallest absolute Gasteiger partial charge is 0.0213 e. The number of likely N-dealkylation sites (N-methyl/N-ethyl adjacent to an activating group) is 1. The summed E-state index contributed by atoms with van der Waals surface area (Å²) in [6.45, 7) is 10.1. The molecule has 0 bridgehead atoms. The number of hydrogen-bond donors (Lipinski definition) is 0. The standard InChI is InChI=1S/C13H17N.C2H6/c1-2-14-9-13(10-14)8-7-11-5-3-4-6-12(11)13;1-2/h3-6H,2,7-10H2,1H3;1-2H3. The van der Waals surface area contributed by atoms with Gasteiger partial charge in [0.2, 0.25) is 0 Å². The Balaban J connectivity index is 0.000000457. The van der Waals surface area contributed by atoms with E-state index in [1.54, 1.807) is 11.1 Å². The third-order valence-electron chi connectivity index (χ3n) is 3.96. The third kappa shape index (κ3) is 1.67. The average Bonchev–Trinajstić information content (AvgIpc) is 2.69. The van der Waals surface area contributed by atoms with Crippen LogP contribution >= 0.6 is 0 Å². The van der Waals surface area contributed by atoms with Crippen molar-refractivity contribution in [3.05, 3.63) is 35.4 Å². The zero-order chi connectivity index (χ0) is 11.6. The lowest BCUT2D eigenvalue weighted by Gasteiger charge is -2.48. The first-order valence-corrected chi connectivity index (χ1v) is 6.65. The average molecular weight is 217 g/mol. The molecule has 1 aliphatic carbocycles. The molecule has 0 saturated carbocycles. The number of likely N-dealkylation sites (tertiary alicyclic amines) is 1. The Morgan fingerprint density at radius 3 is 2.56 bits per heavy atom. The van der Waals surface area contributed by atoms with E-state index in [-0.39, 0.29) is 0 Å². The van der Waals surface area contributed by atoms with Crippen LogP contribution in [0.25, 0.3) is 0 Å². The molecule has 1 aromatic carbocycles. The highest BCUT2D eigenvalue weighted by molar-refractivity contribution is 5.42. The number of rotatable bonds is 1. The van der Waals surface area contributed by atoms with Gasteiger partial charge in [-0.1, -0.05) is 45.0 Å². The van der Waals surface area contributed by atoms with Crippen LogP contribution in [0, 0.1) is 0 Å². The topological polar surface area (TPSA) is 3.24 Å². The van der Waals surface area contributed by atoms with E-state index in [9.17, 15) is 0 Å². The van der Waals surface area contributed by atoms with Gasteiger partial charge in [0.15, 0.2) is 0 Å². The predicted octanol–water partition coefficient (Wildman–Crippen LogP) is 3.23. The Morgan fingerprint density at radius 1 is 1.19 bits per heavy atom. The molecule has 2 aliphatic rings. The van der Waals surface area contributed by atoms with Gasteiger partial charge in [0.25, 0.3) is 0 Å². The van der Waals surface area contributed by atoms with Gasteiger partial charge in [0, 0.05) is 18.5 Å². The summed E-state index contributed by atoms with van der Waals surface area (Å²) in [6.07, 6.45) is 2.68. The van der Waals surface area contributed by atoms with Crippen molar-refractivity contribution in [1.82, 2.24) is 4.90 Å². The van der Waals surface area contributed by atoms with Gasteiger partial charge in [-0.2, -0.15) is 0 Å². The number of hydrogen-bond acceptors (Lipinski definition) is 1. The second-order valence-corrected chi connectivity index (χ2v) is 4.74. The molecule has 0 radical (unpaired) electrons. The Morgan fingerprint density at radius 2 is 1.88 bits per heavy atom. The second kappa shape index (κ2) is 4.58. The lowest BCUT2D eigenvalue weighted by Crippen LogP contribution is -2.57. The van der Waals surface area contributed by atoms with Gasteiger partial charge < -0.3 is 4.90 Å². The minimum absolute atomic E-state index is 0.548. The molecule has 0 amide bonds. The highest BCUT2D eigenvalue weighted by Gasteiger charge is 2.47. The molecule has 0 aromatic heterocycles. The van der Waals surface area contributed by atoms with Gasteiger partial charge in [0.1, 0.15) is 0 Å². The fourth-order valence-corrected chi connectivity index (χ4v) is 3.13. The fraction of sp³-hybridized carbons (Fsp3) is 0.600. The monoisotopic (exact) mass is 217 g/mol. The van der Waals surface area contributed by atoms with Gasteiger partial charge in [-0.25, -0.2) is 0 Å². The van der Waals surface area contributed by atoms with E-state index in [1.165, 1.54) is 32.5 Å². The number of nitrogens with zero attached hydrogens (tertiary/aromatic N) is 1. The molecule has 1 spiro atoms. The van der Waals surface area contributed by atoms with Crippen LogP contribution in [0.3, 0.4) is 0 Å². The van der Waals surface area contributed by atoms with Crippen LogP contribution < -0.4 is 0 Å². The molecule has 1 heteroatoms. The molecule has 0 unspecified atom stereocenters. The summed E-state index contributed by atoms with van der Waals surface area (Å²) in [5.41, 5.74) is 3.79. The van der Waals surface area contributed by atoms with Crippen LogP contribution in [-0.4, -0.2) is 24.5 Å². The fourth-order valence-electron chi connectivity index (χ4n) is 3.13. The zero-order valence-corrected chi connectivity index (χ0v) is 10.8. The summed E-state index contributed by atoms with van der Waals surface area (Å²) >= 11 is 0. The van der Waals surface area contributed by atoms with Crippen LogP contribution in [-0.2, 0) is 11.8 Å². The number of fused-ring (bicyclic) bond motifs is 2. The van der Waals surface area contributed by atoms with Crippen molar-refractivity contribution >= 4 is 0 Å². The minimum Gasteiger partial charge on any atom is -0.302 e. The van der Waals surface area contributed by atoms with Crippen molar-refractivity contribution in [1.29, 1.82) is 0 Å². The Bertz CT molecular complexity index is 350. The molecule has 0 atom stereocenters. The first-order chi connectivity index (χ1) is 7.84. The second-order valence-electron chi connectivity index (χ2n) is 4.74. The predicted molar refractivity (Wildman–Crippen MR) is 69.9 cm³/mol. The van der Waals surface area contributed by atoms with Gasteiger partial charge in [0.05, 0.1) is 0 Å². The lowest BCUT2D eigenvalue weighted by molar-refractivity contribution is 0.0717. The van der Waals surface area contributed by atoms with Crippen molar-refractivity contribution in [3.8, 4) is 0 Å². The van der Waals surface area contributed by atoms with Crippen LogP contribution in [0.2, 0.25) is 0 Å². The summed E-state index contributed by atoms with van der Waals surface area (Å²) in [4.78, 5) is 2.54. The van der Waals surface area contributed by atoms with Crippen molar-refractivity contribution < 1.29 is 0 Å². The van der Waals surface area contributed by atoms with E-state index in [2.05, 4.69) is 36.1 Å². The molecule has 1 aromatic rings. The summed E-state index contributed by atoms with van der Waals surface area (Å²) in [6, 6.07) is 9.02. The van der Waals surface area contributed by atoms with Crippen molar-refractivity contribution in [3.63, 3.8) is 0 Å². The van der Waals surface area contributed by atoms with E-state index >= 15 is 0 Å². The molecule has 1 aliphatic heterocycles. The first kappa shape index (κ1) is 11.7. The quantitative estimate of drug-likeness (QED) is 0.698. The molecule has 88 valence electrons. The first-order valence-electron chi connectivity index (χ1n) is 6.65. The van der Waals surface area contributed by atoms with Gasteiger partial charge in [-0.15, -0.1) is 0 Å². The molecule has 1 fully saturated rings. The van der Waals surface area contributed by atoms with Crippen molar-refractivity contribution in [2.45, 2.75) is 39.0 Å². The molecule has 0 N–H and O–H groups in total. The van der Waals surface area contributed by atoms with Gasteiger partial charge >= 0.3 is 0 Å². The maximum atomic E-state index is 2.54. The van der Waals surface area contributed by atoms with Crippen LogP contribution in [0.1, 0.15) is 38.3 Å². The van der Waals surface area contributed by atoms with E-state index in [0.29, 0.717) is 5.41 Å². The van der Waals surface area contributed by atoms with Gasteiger partial charge in [-0.3, -0.25) is 0 Å². The van der Waals surface area contributed by atoms with Crippen LogP contribution in [0.5, 0.6) is 0 Å². The highest BCUT2D eigenvalue weighted by Crippen LogP contribution is 2.45. The minimum atomic E-state index is 0.548. The molecule has 1 nitrogen and oxygen atoms in total. The number of aryl methyl sites for hydroxylation is 1.